The van der Waals surface area contributed by atoms with Crippen LogP contribution >= 0.6 is 23.2 Å². The normalized spacial score (nSPS) is 14.0. The van der Waals surface area contributed by atoms with Crippen LogP contribution in [0.1, 0.15) is 16.8 Å². The molecule has 0 spiro atoms. The van der Waals surface area contributed by atoms with Crippen molar-refractivity contribution < 1.29 is 13.2 Å². The van der Waals surface area contributed by atoms with E-state index in [1.807, 2.05) is 14.1 Å². The second kappa shape index (κ2) is 9.23. The molecule has 0 bridgehead atoms. The molecule has 3 aromatic rings. The van der Waals surface area contributed by atoms with Crippen molar-refractivity contribution in [2.75, 3.05) is 42.3 Å². The summed E-state index contributed by atoms with van der Waals surface area (Å²) in [6, 6.07) is 7.51. The van der Waals surface area contributed by atoms with Gasteiger partial charge >= 0.3 is 6.18 Å². The van der Waals surface area contributed by atoms with Gasteiger partial charge in [0.1, 0.15) is 11.6 Å². The van der Waals surface area contributed by atoms with E-state index in [9.17, 15) is 13.2 Å². The summed E-state index contributed by atoms with van der Waals surface area (Å²) in [7, 11) is 3.66. The van der Waals surface area contributed by atoms with Crippen molar-refractivity contribution in [1.82, 2.24) is 15.0 Å². The Bertz CT molecular complexity index is 1170. The summed E-state index contributed by atoms with van der Waals surface area (Å²) in [5, 5.41) is 4.11. The maximum Gasteiger partial charge on any atom is 0.419 e. The van der Waals surface area contributed by atoms with Crippen molar-refractivity contribution in [3.8, 4) is 0 Å². The van der Waals surface area contributed by atoms with Crippen LogP contribution in [0, 0.1) is 0 Å². The average molecular weight is 497 g/mol. The molecule has 0 amide bonds. The van der Waals surface area contributed by atoms with Crippen molar-refractivity contribution in [3.05, 3.63) is 63.4 Å². The van der Waals surface area contributed by atoms with E-state index in [-0.39, 0.29) is 5.82 Å². The number of anilines is 4. The van der Waals surface area contributed by atoms with E-state index in [4.69, 9.17) is 23.2 Å². The zero-order chi connectivity index (χ0) is 23.8. The topological polar surface area (TPSA) is 57.2 Å². The van der Waals surface area contributed by atoms with Crippen LogP contribution in [-0.4, -0.2) is 42.1 Å². The lowest BCUT2D eigenvalue weighted by molar-refractivity contribution is -0.137. The fraction of sp³-hybridized carbons (Fsp3) is 0.318. The lowest BCUT2D eigenvalue weighted by Gasteiger charge is -2.24. The predicted octanol–water partition coefficient (Wildman–Crippen LogP) is 5.61. The Balaban J connectivity index is 1.69. The van der Waals surface area contributed by atoms with Gasteiger partial charge in [0.25, 0.3) is 0 Å². The summed E-state index contributed by atoms with van der Waals surface area (Å²) in [4.78, 5) is 16.8. The minimum atomic E-state index is -4.48. The average Bonchev–Trinajstić information content (AvgIpc) is 2.98. The zero-order valence-electron chi connectivity index (χ0n) is 17.9. The first-order valence-corrected chi connectivity index (χ1v) is 11.0. The third-order valence-corrected chi connectivity index (χ3v) is 6.04. The molecule has 2 aromatic heterocycles. The van der Waals surface area contributed by atoms with E-state index < -0.39 is 11.7 Å². The number of pyridine rings is 1. The van der Waals surface area contributed by atoms with E-state index in [0.717, 1.165) is 17.3 Å². The molecule has 4 rings (SSSR count). The molecule has 1 aliphatic rings. The highest BCUT2D eigenvalue weighted by molar-refractivity contribution is 6.42. The van der Waals surface area contributed by atoms with Gasteiger partial charge in [-0.2, -0.15) is 18.2 Å². The summed E-state index contributed by atoms with van der Waals surface area (Å²) in [5.74, 6) is 1.01. The molecule has 0 saturated heterocycles. The Kier molecular flexibility index (Phi) is 6.54. The lowest BCUT2D eigenvalue weighted by Crippen LogP contribution is -2.29. The number of nitrogens with zero attached hydrogens (tertiary/aromatic N) is 5. The number of aromatic nitrogens is 3. The van der Waals surface area contributed by atoms with Gasteiger partial charge in [0.05, 0.1) is 21.3 Å². The minimum Gasteiger partial charge on any atom is -0.355 e. The van der Waals surface area contributed by atoms with Gasteiger partial charge in [-0.05, 0) is 36.8 Å². The molecule has 1 aromatic carbocycles. The Labute approximate surface area is 199 Å². The van der Waals surface area contributed by atoms with Crippen molar-refractivity contribution in [2.24, 2.45) is 0 Å². The van der Waals surface area contributed by atoms with Crippen LogP contribution in [-0.2, 0) is 19.0 Å². The van der Waals surface area contributed by atoms with Gasteiger partial charge in [0, 0.05) is 51.1 Å². The monoisotopic (exact) mass is 496 g/mol. The molecule has 0 aliphatic carbocycles. The van der Waals surface area contributed by atoms with Crippen molar-refractivity contribution >= 4 is 46.5 Å². The highest BCUT2D eigenvalue weighted by Crippen LogP contribution is 2.36. The van der Waals surface area contributed by atoms with Crippen LogP contribution < -0.4 is 15.1 Å². The summed E-state index contributed by atoms with van der Waals surface area (Å²) in [5.41, 5.74) is 1.58. The van der Waals surface area contributed by atoms with E-state index in [1.165, 1.54) is 12.3 Å². The summed E-state index contributed by atoms with van der Waals surface area (Å²) in [6.45, 7) is 0.691. The first kappa shape index (κ1) is 23.4. The number of nitrogens with one attached hydrogen (secondary N) is 1. The van der Waals surface area contributed by atoms with Crippen molar-refractivity contribution in [2.45, 2.75) is 19.0 Å². The van der Waals surface area contributed by atoms with Crippen LogP contribution in [0.4, 0.5) is 36.4 Å². The van der Waals surface area contributed by atoms with Crippen LogP contribution in [0.15, 0.2) is 36.5 Å². The molecule has 0 fully saturated rings. The fourth-order valence-electron chi connectivity index (χ4n) is 3.68. The van der Waals surface area contributed by atoms with Crippen molar-refractivity contribution in [3.63, 3.8) is 0 Å². The van der Waals surface area contributed by atoms with Crippen LogP contribution in [0.25, 0.3) is 0 Å². The number of alkyl halides is 3. The smallest absolute Gasteiger partial charge is 0.355 e. The van der Waals surface area contributed by atoms with Gasteiger partial charge in [0.2, 0.25) is 5.95 Å². The number of halogens is 5. The molecule has 174 valence electrons. The zero-order valence-corrected chi connectivity index (χ0v) is 19.4. The van der Waals surface area contributed by atoms with E-state index >= 15 is 0 Å². The second-order valence-corrected chi connectivity index (χ2v) is 8.62. The van der Waals surface area contributed by atoms with Gasteiger partial charge < -0.3 is 15.1 Å². The molecule has 0 unspecified atom stereocenters. The van der Waals surface area contributed by atoms with Crippen LogP contribution in [0.3, 0.4) is 0 Å². The molecule has 33 heavy (non-hydrogen) atoms. The maximum atomic E-state index is 13.6. The molecule has 0 atom stereocenters. The van der Waals surface area contributed by atoms with Crippen LogP contribution in [0.5, 0.6) is 0 Å². The first-order valence-electron chi connectivity index (χ1n) is 10.2. The molecule has 11 heteroatoms. The predicted molar refractivity (Wildman–Crippen MR) is 125 cm³/mol. The van der Waals surface area contributed by atoms with Gasteiger partial charge in [-0.3, -0.25) is 0 Å². The fourth-order valence-corrected chi connectivity index (χ4v) is 3.98. The molecular weight excluding hydrogens is 476 g/mol. The van der Waals surface area contributed by atoms with Crippen molar-refractivity contribution in [1.29, 1.82) is 0 Å². The number of fused-ring (bicyclic) bond motifs is 1. The van der Waals surface area contributed by atoms with Gasteiger partial charge in [-0.15, -0.1) is 0 Å². The van der Waals surface area contributed by atoms with Gasteiger partial charge in [-0.25, -0.2) is 9.97 Å². The van der Waals surface area contributed by atoms with E-state index in [1.54, 1.807) is 28.0 Å². The number of hydrogen-bond acceptors (Lipinski definition) is 6. The highest BCUT2D eigenvalue weighted by atomic mass is 35.5. The largest absolute Gasteiger partial charge is 0.419 e. The summed E-state index contributed by atoms with van der Waals surface area (Å²) >= 11 is 12.2. The molecule has 0 radical (unpaired) electrons. The Morgan fingerprint density at radius 1 is 1.03 bits per heavy atom. The van der Waals surface area contributed by atoms with Crippen LogP contribution in [0.2, 0.25) is 10.0 Å². The molecule has 6 nitrogen and oxygen atoms in total. The minimum absolute atomic E-state index is 0.0717. The summed E-state index contributed by atoms with van der Waals surface area (Å²) in [6.07, 6.45) is -2.21. The quantitative estimate of drug-likeness (QED) is 0.506. The molecule has 3 heterocycles. The molecule has 0 saturated carbocycles. The highest BCUT2D eigenvalue weighted by Gasteiger charge is 2.36. The number of benzene rings is 1. The Morgan fingerprint density at radius 3 is 2.48 bits per heavy atom. The summed E-state index contributed by atoms with van der Waals surface area (Å²) < 4.78 is 40.7. The molecule has 1 aliphatic heterocycles. The standard InChI is InChI=1S/C22H21Cl2F3N6/c1-32(2)21-30-18-8-11-33(20-15(22(25,26)27)4-3-9-28-20)10-7-14(18)19(31-21)29-13-5-6-16(23)17(24)12-13/h3-6,9,12H,7-8,10-11H2,1-2H3,(H,29,30,31). The third kappa shape index (κ3) is 5.09. The maximum absolute atomic E-state index is 13.6. The Morgan fingerprint density at radius 2 is 1.79 bits per heavy atom. The van der Waals surface area contributed by atoms with Gasteiger partial charge in [0.15, 0.2) is 0 Å². The number of hydrogen-bond donors (Lipinski definition) is 1. The molecular formula is C22H21Cl2F3N6. The van der Waals surface area contributed by atoms with E-state index in [2.05, 4.69) is 20.3 Å². The van der Waals surface area contributed by atoms with E-state index in [0.29, 0.717) is 53.4 Å². The lowest BCUT2D eigenvalue weighted by atomic mass is 10.1. The first-order chi connectivity index (χ1) is 15.6. The SMILES string of the molecule is CN(C)c1nc2c(c(Nc3ccc(Cl)c(Cl)c3)n1)CCN(c1ncccc1C(F)(F)F)CC2. The second-order valence-electron chi connectivity index (χ2n) is 7.81. The third-order valence-electron chi connectivity index (χ3n) is 5.31. The Hall–Kier alpha value is -2.78. The number of rotatable bonds is 4. The molecule has 1 N–H and O–H groups in total. The van der Waals surface area contributed by atoms with Gasteiger partial charge in [-0.1, -0.05) is 23.2 Å².